The molecule has 2 unspecified atom stereocenters. The Morgan fingerprint density at radius 2 is 1.81 bits per heavy atom. The van der Waals surface area contributed by atoms with Crippen molar-refractivity contribution in [2.45, 2.75) is 39.5 Å². The molecule has 138 valence electrons. The van der Waals surface area contributed by atoms with Crippen molar-refractivity contribution in [2.75, 3.05) is 24.1 Å². The van der Waals surface area contributed by atoms with Crippen molar-refractivity contribution in [2.24, 2.45) is 0 Å². The lowest BCUT2D eigenvalue weighted by Gasteiger charge is -2.35. The number of carbonyl (C=O) groups excluding carboxylic acids is 1. The molecule has 26 heavy (non-hydrogen) atoms. The minimum Gasteiger partial charge on any atom is -0.399 e. The Labute approximate surface area is 155 Å². The predicted molar refractivity (Wildman–Crippen MR) is 105 cm³/mol. The lowest BCUT2D eigenvalue weighted by Crippen LogP contribution is -2.44. The summed E-state index contributed by atoms with van der Waals surface area (Å²) in [4.78, 5) is 14.9. The maximum atomic E-state index is 12.5. The van der Waals surface area contributed by atoms with Gasteiger partial charge in [-0.15, -0.1) is 0 Å². The second-order valence-corrected chi connectivity index (χ2v) is 7.18. The first-order valence-corrected chi connectivity index (χ1v) is 9.05. The monoisotopic (exact) mass is 353 g/mol. The lowest BCUT2D eigenvalue weighted by atomic mass is 10.1. The third kappa shape index (κ3) is 4.62. The number of hydrogen-bond acceptors (Lipinski definition) is 4. The van der Waals surface area contributed by atoms with Crippen molar-refractivity contribution in [3.8, 4) is 0 Å². The van der Waals surface area contributed by atoms with Gasteiger partial charge in [-0.05, 0) is 56.2 Å². The molecule has 5 heteroatoms. The number of nitrogens with two attached hydrogens (primary N) is 1. The number of ether oxygens (including phenoxy) is 1. The average Bonchev–Trinajstić information content (AvgIpc) is 2.58. The molecule has 1 amide bonds. The molecule has 1 aliphatic heterocycles. The number of nitrogen functional groups attached to an aromatic ring is 1. The number of nitrogens with one attached hydrogen (secondary N) is 1. The molecule has 0 spiro atoms. The zero-order valence-corrected chi connectivity index (χ0v) is 15.7. The Morgan fingerprint density at radius 3 is 2.46 bits per heavy atom. The Kier molecular flexibility index (Phi) is 5.59. The quantitative estimate of drug-likeness (QED) is 0.826. The summed E-state index contributed by atoms with van der Waals surface area (Å²) in [6.45, 7) is 8.89. The van der Waals surface area contributed by atoms with Crippen LogP contribution in [-0.4, -0.2) is 36.1 Å². The van der Waals surface area contributed by atoms with Crippen molar-refractivity contribution in [1.29, 1.82) is 0 Å². The summed E-state index contributed by atoms with van der Waals surface area (Å²) < 4.78 is 5.78. The number of nitrogens with zero attached hydrogens (tertiary/aromatic N) is 1. The molecule has 0 aliphatic carbocycles. The molecule has 2 aromatic carbocycles. The Hall–Kier alpha value is -2.37. The van der Waals surface area contributed by atoms with Gasteiger partial charge in [-0.2, -0.15) is 0 Å². The molecule has 3 N–H and O–H groups in total. The van der Waals surface area contributed by atoms with Gasteiger partial charge >= 0.3 is 0 Å². The predicted octanol–water partition coefficient (Wildman–Crippen LogP) is 3.44. The number of amides is 1. The van der Waals surface area contributed by atoms with E-state index < -0.39 is 0 Å². The second-order valence-electron chi connectivity index (χ2n) is 7.18. The van der Waals surface area contributed by atoms with Gasteiger partial charge in [-0.1, -0.05) is 18.2 Å². The summed E-state index contributed by atoms with van der Waals surface area (Å²) in [6.07, 6.45) is 0.510. The van der Waals surface area contributed by atoms with E-state index in [0.717, 1.165) is 30.9 Å². The fourth-order valence-electron chi connectivity index (χ4n) is 3.40. The van der Waals surface area contributed by atoms with Gasteiger partial charge in [0.2, 0.25) is 0 Å². The van der Waals surface area contributed by atoms with Gasteiger partial charge in [0.15, 0.2) is 0 Å². The Balaban J connectivity index is 1.63. The van der Waals surface area contributed by atoms with Crippen LogP contribution in [0.15, 0.2) is 42.5 Å². The first-order chi connectivity index (χ1) is 12.4. The molecule has 0 aromatic heterocycles. The molecule has 1 fully saturated rings. The third-order valence-corrected chi connectivity index (χ3v) is 4.63. The van der Waals surface area contributed by atoms with Gasteiger partial charge in [0, 0.05) is 36.6 Å². The molecule has 0 radical (unpaired) electrons. The highest BCUT2D eigenvalue weighted by atomic mass is 16.5. The fraction of sp³-hybridized carbons (Fsp3) is 0.381. The first-order valence-electron chi connectivity index (χ1n) is 9.05. The SMILES string of the molecule is Cc1ccc(N)cc1NC(=O)c1ccc(CN2CC(C)OC(C)C2)cc1. The number of aryl methyl sites for hydroxylation is 1. The van der Waals surface area contributed by atoms with Crippen LogP contribution in [0.4, 0.5) is 11.4 Å². The lowest BCUT2D eigenvalue weighted by molar-refractivity contribution is -0.0704. The van der Waals surface area contributed by atoms with Crippen LogP contribution in [0.1, 0.15) is 35.3 Å². The van der Waals surface area contributed by atoms with Crippen LogP contribution in [-0.2, 0) is 11.3 Å². The molecule has 0 bridgehead atoms. The molecular weight excluding hydrogens is 326 g/mol. The molecule has 5 nitrogen and oxygen atoms in total. The Morgan fingerprint density at radius 1 is 1.15 bits per heavy atom. The highest BCUT2D eigenvalue weighted by Crippen LogP contribution is 2.20. The highest BCUT2D eigenvalue weighted by Gasteiger charge is 2.22. The molecule has 1 heterocycles. The van der Waals surface area contributed by atoms with Crippen molar-refractivity contribution in [3.63, 3.8) is 0 Å². The van der Waals surface area contributed by atoms with Crippen LogP contribution in [0.3, 0.4) is 0 Å². The van der Waals surface area contributed by atoms with E-state index in [9.17, 15) is 4.79 Å². The van der Waals surface area contributed by atoms with E-state index in [1.54, 1.807) is 6.07 Å². The summed E-state index contributed by atoms with van der Waals surface area (Å²) in [7, 11) is 0. The number of morpholine rings is 1. The summed E-state index contributed by atoms with van der Waals surface area (Å²) in [6, 6.07) is 13.3. The number of rotatable bonds is 4. The summed E-state index contributed by atoms with van der Waals surface area (Å²) in [5, 5.41) is 2.93. The zero-order chi connectivity index (χ0) is 18.7. The molecule has 3 rings (SSSR count). The zero-order valence-electron chi connectivity index (χ0n) is 15.7. The summed E-state index contributed by atoms with van der Waals surface area (Å²) >= 11 is 0. The van der Waals surface area contributed by atoms with Crippen molar-refractivity contribution < 1.29 is 9.53 Å². The average molecular weight is 353 g/mol. The number of benzene rings is 2. The van der Waals surface area contributed by atoms with Crippen LogP contribution < -0.4 is 11.1 Å². The van der Waals surface area contributed by atoms with E-state index in [4.69, 9.17) is 10.5 Å². The molecule has 1 aliphatic rings. The van der Waals surface area contributed by atoms with E-state index in [1.807, 2.05) is 43.3 Å². The minimum absolute atomic E-state index is 0.126. The van der Waals surface area contributed by atoms with Crippen molar-refractivity contribution >= 4 is 17.3 Å². The standard InChI is InChI=1S/C21H27N3O2/c1-14-4-9-19(22)10-20(14)23-21(25)18-7-5-17(6-8-18)13-24-11-15(2)26-16(3)12-24/h4-10,15-16H,11-13,22H2,1-3H3,(H,23,25). The molecule has 2 atom stereocenters. The fourth-order valence-corrected chi connectivity index (χ4v) is 3.40. The molecule has 2 aromatic rings. The molecule has 0 saturated carbocycles. The normalized spacial score (nSPS) is 20.7. The highest BCUT2D eigenvalue weighted by molar-refractivity contribution is 6.04. The van der Waals surface area contributed by atoms with Crippen molar-refractivity contribution in [1.82, 2.24) is 4.90 Å². The van der Waals surface area contributed by atoms with Gasteiger partial charge in [0.25, 0.3) is 5.91 Å². The van der Waals surface area contributed by atoms with Crippen LogP contribution in [0, 0.1) is 6.92 Å². The van der Waals surface area contributed by atoms with Gasteiger partial charge in [0.05, 0.1) is 12.2 Å². The second kappa shape index (κ2) is 7.89. The number of hydrogen-bond donors (Lipinski definition) is 2. The molecule has 1 saturated heterocycles. The smallest absolute Gasteiger partial charge is 0.255 e. The van der Waals surface area contributed by atoms with Crippen LogP contribution in [0.25, 0.3) is 0 Å². The summed E-state index contributed by atoms with van der Waals surface area (Å²) in [5.41, 5.74) is 10.0. The van der Waals surface area contributed by atoms with E-state index in [-0.39, 0.29) is 18.1 Å². The van der Waals surface area contributed by atoms with Crippen LogP contribution >= 0.6 is 0 Å². The van der Waals surface area contributed by atoms with Gasteiger partial charge in [-0.25, -0.2) is 0 Å². The molecular formula is C21H27N3O2. The third-order valence-electron chi connectivity index (χ3n) is 4.63. The van der Waals surface area contributed by atoms with Gasteiger partial charge < -0.3 is 15.8 Å². The topological polar surface area (TPSA) is 67.6 Å². The van der Waals surface area contributed by atoms with Gasteiger partial charge in [0.1, 0.15) is 0 Å². The van der Waals surface area contributed by atoms with Crippen LogP contribution in [0.2, 0.25) is 0 Å². The maximum absolute atomic E-state index is 12.5. The van der Waals surface area contributed by atoms with E-state index >= 15 is 0 Å². The van der Waals surface area contributed by atoms with Gasteiger partial charge in [-0.3, -0.25) is 9.69 Å². The number of anilines is 2. The van der Waals surface area contributed by atoms with Crippen molar-refractivity contribution in [3.05, 3.63) is 59.2 Å². The van der Waals surface area contributed by atoms with Crippen LogP contribution in [0.5, 0.6) is 0 Å². The van der Waals surface area contributed by atoms with E-state index in [0.29, 0.717) is 11.3 Å². The largest absolute Gasteiger partial charge is 0.399 e. The Bertz CT molecular complexity index is 763. The maximum Gasteiger partial charge on any atom is 0.255 e. The van der Waals surface area contributed by atoms with E-state index in [2.05, 4.69) is 24.1 Å². The minimum atomic E-state index is -0.126. The summed E-state index contributed by atoms with van der Waals surface area (Å²) in [5.74, 6) is -0.126. The number of carbonyl (C=O) groups is 1. The van der Waals surface area contributed by atoms with E-state index in [1.165, 1.54) is 5.56 Å². The first kappa shape index (κ1) is 18.4.